The summed E-state index contributed by atoms with van der Waals surface area (Å²) in [7, 11) is 0. The molecule has 0 spiro atoms. The molecule has 1 nitrogen and oxygen atoms in total. The number of fused-ring (bicyclic) bond motifs is 7. The molecule has 2 heterocycles. The summed E-state index contributed by atoms with van der Waals surface area (Å²) in [5, 5.41) is 1.24. The van der Waals surface area contributed by atoms with Crippen LogP contribution in [0.3, 0.4) is 0 Å². The molecule has 1 aliphatic heterocycles. The van der Waals surface area contributed by atoms with Crippen molar-refractivity contribution in [3.63, 3.8) is 0 Å². The van der Waals surface area contributed by atoms with Crippen molar-refractivity contribution < 1.29 is 0 Å². The maximum absolute atomic E-state index is 4.18. The van der Waals surface area contributed by atoms with Crippen LogP contribution in [0.4, 0.5) is 0 Å². The fraction of sp³-hybridized carbons (Fsp3) is 0.0370. The highest BCUT2D eigenvalue weighted by atomic mass is 15.0. The van der Waals surface area contributed by atoms with E-state index in [2.05, 4.69) is 84.5 Å². The number of para-hydroxylation sites is 2. The summed E-state index contributed by atoms with van der Waals surface area (Å²) in [5.41, 5.74) is 12.8. The average Bonchev–Trinajstić information content (AvgIpc) is 3.24. The molecule has 0 N–H and O–H groups in total. The van der Waals surface area contributed by atoms with E-state index in [0.29, 0.717) is 0 Å². The Kier molecular flexibility index (Phi) is 3.02. The summed E-state index contributed by atoms with van der Waals surface area (Å²) in [6, 6.07) is 24.1. The maximum atomic E-state index is 4.18. The molecule has 1 heteroatoms. The molecule has 0 bridgehead atoms. The standard InChI is InChI=1S/C27H19N/c1-3-17-16-18-10-9-13-22-21-12-6-8-15-24(21)28-23-14-7-5-11-20(23)19(4-2)27(28)26(17)25(18)22/h3-15H,1-2,16H2. The third kappa shape index (κ3) is 1.76. The van der Waals surface area contributed by atoms with E-state index in [0.717, 1.165) is 6.42 Å². The molecule has 0 radical (unpaired) electrons. The fourth-order valence-electron chi connectivity index (χ4n) is 5.03. The second-order valence-corrected chi connectivity index (χ2v) is 7.46. The van der Waals surface area contributed by atoms with Gasteiger partial charge in [0.2, 0.25) is 0 Å². The van der Waals surface area contributed by atoms with E-state index in [4.69, 9.17) is 0 Å². The second kappa shape index (κ2) is 5.46. The van der Waals surface area contributed by atoms with Crippen LogP contribution < -0.4 is 0 Å². The van der Waals surface area contributed by atoms with Crippen LogP contribution in [0.2, 0.25) is 0 Å². The maximum Gasteiger partial charge on any atom is 0.0622 e. The first kappa shape index (κ1) is 15.5. The molecule has 1 aromatic heterocycles. The first-order valence-corrected chi connectivity index (χ1v) is 9.67. The molecule has 4 aromatic rings. The molecule has 0 saturated heterocycles. The van der Waals surface area contributed by atoms with Crippen LogP contribution in [0.1, 0.15) is 22.4 Å². The van der Waals surface area contributed by atoms with E-state index in [1.807, 2.05) is 12.2 Å². The Morgan fingerprint density at radius 3 is 2.43 bits per heavy atom. The monoisotopic (exact) mass is 357 g/mol. The normalized spacial score (nSPS) is 13.7. The summed E-state index contributed by atoms with van der Waals surface area (Å²) in [5.74, 6) is 0. The third-order valence-corrected chi connectivity index (χ3v) is 6.14. The van der Waals surface area contributed by atoms with Crippen LogP contribution in [0.25, 0.3) is 39.4 Å². The molecule has 0 amide bonds. The Hall–Kier alpha value is -3.58. The number of benzene rings is 3. The zero-order valence-electron chi connectivity index (χ0n) is 15.6. The van der Waals surface area contributed by atoms with Crippen LogP contribution in [0, 0.1) is 0 Å². The van der Waals surface area contributed by atoms with Crippen molar-refractivity contribution >= 4 is 22.6 Å². The van der Waals surface area contributed by atoms with Crippen molar-refractivity contribution in [2.75, 3.05) is 0 Å². The van der Waals surface area contributed by atoms with Crippen molar-refractivity contribution in [1.82, 2.24) is 4.57 Å². The summed E-state index contributed by atoms with van der Waals surface area (Å²) in [4.78, 5) is 0. The molecular weight excluding hydrogens is 338 g/mol. The summed E-state index contributed by atoms with van der Waals surface area (Å²) >= 11 is 0. The number of hydrogen-bond donors (Lipinski definition) is 0. The van der Waals surface area contributed by atoms with E-state index in [-0.39, 0.29) is 0 Å². The van der Waals surface area contributed by atoms with Gasteiger partial charge in [0.1, 0.15) is 0 Å². The van der Waals surface area contributed by atoms with Gasteiger partial charge in [-0.15, -0.1) is 0 Å². The van der Waals surface area contributed by atoms with Crippen molar-refractivity contribution in [3.05, 3.63) is 114 Å². The number of allylic oxidation sites excluding steroid dienone is 2. The Labute approximate surface area is 164 Å². The summed E-state index contributed by atoms with van der Waals surface area (Å²) < 4.78 is 2.43. The summed E-state index contributed by atoms with van der Waals surface area (Å²) in [6.45, 7) is 8.33. The number of hydrogen-bond acceptors (Lipinski definition) is 0. The van der Waals surface area contributed by atoms with Crippen molar-refractivity contribution in [2.24, 2.45) is 0 Å². The minimum Gasteiger partial charge on any atom is -0.308 e. The van der Waals surface area contributed by atoms with Gasteiger partial charge in [-0.25, -0.2) is 0 Å². The van der Waals surface area contributed by atoms with Gasteiger partial charge in [-0.1, -0.05) is 79.9 Å². The molecule has 0 atom stereocenters. The Balaban J connectivity index is 1.94. The highest BCUT2D eigenvalue weighted by Crippen LogP contribution is 2.50. The van der Waals surface area contributed by atoms with Gasteiger partial charge in [0, 0.05) is 22.1 Å². The SMILES string of the molecule is C=CC1=C2c3c(cccc3-c3ccccc3-n3c2c(C=C)c2ccccc23)C1. The molecule has 6 rings (SSSR count). The fourth-order valence-corrected chi connectivity index (χ4v) is 5.03. The van der Waals surface area contributed by atoms with Gasteiger partial charge >= 0.3 is 0 Å². The van der Waals surface area contributed by atoms with E-state index in [1.165, 1.54) is 61.2 Å². The molecule has 132 valence electrons. The van der Waals surface area contributed by atoms with Crippen molar-refractivity contribution in [1.29, 1.82) is 0 Å². The van der Waals surface area contributed by atoms with E-state index in [9.17, 15) is 0 Å². The number of aromatic nitrogens is 1. The van der Waals surface area contributed by atoms with E-state index >= 15 is 0 Å². The highest BCUT2D eigenvalue weighted by molar-refractivity contribution is 6.06. The predicted molar refractivity (Wildman–Crippen MR) is 119 cm³/mol. The zero-order chi connectivity index (χ0) is 18.8. The quantitative estimate of drug-likeness (QED) is 0.327. The lowest BCUT2D eigenvalue weighted by molar-refractivity contribution is 1.10. The first-order valence-electron chi connectivity index (χ1n) is 9.67. The zero-order valence-corrected chi connectivity index (χ0v) is 15.6. The minimum atomic E-state index is 0.933. The Morgan fingerprint density at radius 2 is 1.57 bits per heavy atom. The van der Waals surface area contributed by atoms with E-state index in [1.54, 1.807) is 0 Å². The lowest BCUT2D eigenvalue weighted by Crippen LogP contribution is -2.00. The van der Waals surface area contributed by atoms with Gasteiger partial charge in [-0.3, -0.25) is 0 Å². The Morgan fingerprint density at radius 1 is 0.786 bits per heavy atom. The van der Waals surface area contributed by atoms with Crippen LogP contribution >= 0.6 is 0 Å². The van der Waals surface area contributed by atoms with Gasteiger partial charge < -0.3 is 4.57 Å². The average molecular weight is 357 g/mol. The summed E-state index contributed by atoms with van der Waals surface area (Å²) in [6.07, 6.45) is 4.97. The molecule has 28 heavy (non-hydrogen) atoms. The van der Waals surface area contributed by atoms with Gasteiger partial charge in [0.15, 0.2) is 0 Å². The Bertz CT molecular complexity index is 1360. The van der Waals surface area contributed by atoms with Crippen molar-refractivity contribution in [2.45, 2.75) is 6.42 Å². The number of nitrogens with zero attached hydrogens (tertiary/aromatic N) is 1. The molecule has 3 aromatic carbocycles. The molecule has 0 saturated carbocycles. The van der Waals surface area contributed by atoms with E-state index < -0.39 is 0 Å². The lowest BCUT2D eigenvalue weighted by Gasteiger charge is -2.13. The van der Waals surface area contributed by atoms with Crippen molar-refractivity contribution in [3.8, 4) is 16.8 Å². The molecule has 0 fully saturated rings. The third-order valence-electron chi connectivity index (χ3n) is 6.14. The smallest absolute Gasteiger partial charge is 0.0622 e. The highest BCUT2D eigenvalue weighted by Gasteiger charge is 2.33. The minimum absolute atomic E-state index is 0.933. The molecular formula is C27H19N. The lowest BCUT2D eigenvalue weighted by atomic mass is 9.91. The topological polar surface area (TPSA) is 4.93 Å². The number of rotatable bonds is 2. The first-order chi connectivity index (χ1) is 13.8. The largest absolute Gasteiger partial charge is 0.308 e. The molecule has 1 aliphatic carbocycles. The predicted octanol–water partition coefficient (Wildman–Crippen LogP) is 6.80. The van der Waals surface area contributed by atoms with Crippen LogP contribution in [0.5, 0.6) is 0 Å². The van der Waals surface area contributed by atoms with Gasteiger partial charge in [0.25, 0.3) is 0 Å². The van der Waals surface area contributed by atoms with Crippen LogP contribution in [-0.2, 0) is 6.42 Å². The van der Waals surface area contributed by atoms with Crippen LogP contribution in [0.15, 0.2) is 91.5 Å². The second-order valence-electron chi connectivity index (χ2n) is 7.46. The molecule has 2 aliphatic rings. The molecule has 0 unspecified atom stereocenters. The van der Waals surface area contributed by atoms with Crippen LogP contribution in [-0.4, -0.2) is 4.57 Å². The van der Waals surface area contributed by atoms with Gasteiger partial charge in [0.05, 0.1) is 16.9 Å². The van der Waals surface area contributed by atoms with Gasteiger partial charge in [-0.2, -0.15) is 0 Å². The van der Waals surface area contributed by atoms with Gasteiger partial charge in [-0.05, 0) is 40.8 Å².